The number of hydrogen-bond acceptors (Lipinski definition) is 3. The van der Waals surface area contributed by atoms with E-state index in [1.165, 1.54) is 31.3 Å². The number of carbonyl (C=O) groups is 1. The molecule has 0 aromatic carbocycles. The highest BCUT2D eigenvalue weighted by Crippen LogP contribution is 2.29. The summed E-state index contributed by atoms with van der Waals surface area (Å²) in [5, 5.41) is 0. The predicted molar refractivity (Wildman–Crippen MR) is 95.8 cm³/mol. The molecule has 1 aromatic rings. The number of aromatic nitrogens is 2. The monoisotopic (exact) mass is 343 g/mol. The van der Waals surface area contributed by atoms with Crippen LogP contribution in [0.5, 0.6) is 0 Å². The number of allylic oxidation sites excluding steroid dienone is 1. The van der Waals surface area contributed by atoms with Gasteiger partial charge in [-0.1, -0.05) is 11.6 Å². The van der Waals surface area contributed by atoms with Gasteiger partial charge in [-0.3, -0.25) is 4.79 Å². The molecule has 25 heavy (non-hydrogen) atoms. The SMILES string of the molecule is O=C(CC1=CCCCC1)N1Cc2cncn2C[C@H](COCC2CC2)C1. The maximum atomic E-state index is 12.9. The number of rotatable bonds is 6. The van der Waals surface area contributed by atoms with Crippen LogP contribution in [-0.2, 0) is 22.6 Å². The summed E-state index contributed by atoms with van der Waals surface area (Å²) in [6.07, 6.45) is 14.0. The molecular formula is C20H29N3O2. The zero-order valence-corrected chi connectivity index (χ0v) is 15.0. The molecular weight excluding hydrogens is 314 g/mol. The molecule has 136 valence electrons. The Kier molecular flexibility index (Phi) is 5.20. The lowest BCUT2D eigenvalue weighted by molar-refractivity contribution is -0.132. The molecule has 0 unspecified atom stereocenters. The first kappa shape index (κ1) is 16.8. The molecule has 0 N–H and O–H groups in total. The molecule has 5 heteroatoms. The first-order chi connectivity index (χ1) is 12.3. The molecule has 1 amide bonds. The van der Waals surface area contributed by atoms with Crippen LogP contribution in [0.15, 0.2) is 24.2 Å². The summed E-state index contributed by atoms with van der Waals surface area (Å²) < 4.78 is 8.13. The zero-order valence-electron chi connectivity index (χ0n) is 15.0. The number of hydrogen-bond donors (Lipinski definition) is 0. The fourth-order valence-corrected chi connectivity index (χ4v) is 3.90. The molecule has 1 saturated carbocycles. The third-order valence-electron chi connectivity index (χ3n) is 5.60. The fraction of sp³-hybridized carbons (Fsp3) is 0.700. The highest BCUT2D eigenvalue weighted by Gasteiger charge is 2.27. The minimum atomic E-state index is 0.259. The van der Waals surface area contributed by atoms with Crippen LogP contribution in [0, 0.1) is 11.8 Å². The Morgan fingerprint density at radius 3 is 2.88 bits per heavy atom. The van der Waals surface area contributed by atoms with Gasteiger partial charge in [0.1, 0.15) is 0 Å². The summed E-state index contributed by atoms with van der Waals surface area (Å²) in [5.41, 5.74) is 2.46. The molecule has 5 nitrogen and oxygen atoms in total. The molecule has 3 aliphatic rings. The van der Waals surface area contributed by atoms with Crippen molar-refractivity contribution in [1.82, 2.24) is 14.5 Å². The van der Waals surface area contributed by atoms with Crippen molar-refractivity contribution < 1.29 is 9.53 Å². The molecule has 4 rings (SSSR count). The second-order valence-corrected chi connectivity index (χ2v) is 7.94. The van der Waals surface area contributed by atoms with Gasteiger partial charge in [0.25, 0.3) is 0 Å². The summed E-state index contributed by atoms with van der Waals surface area (Å²) in [6.45, 7) is 3.98. The van der Waals surface area contributed by atoms with Crippen LogP contribution < -0.4 is 0 Å². The average Bonchev–Trinajstić information content (AvgIpc) is 3.38. The predicted octanol–water partition coefficient (Wildman–Crippen LogP) is 3.16. The molecule has 0 saturated heterocycles. The number of carbonyl (C=O) groups excluding carboxylic acids is 1. The van der Waals surface area contributed by atoms with Gasteiger partial charge >= 0.3 is 0 Å². The summed E-state index contributed by atoms with van der Waals surface area (Å²) in [7, 11) is 0. The minimum Gasteiger partial charge on any atom is -0.381 e. The van der Waals surface area contributed by atoms with E-state index in [9.17, 15) is 4.79 Å². The van der Waals surface area contributed by atoms with Crippen molar-refractivity contribution in [1.29, 1.82) is 0 Å². The van der Waals surface area contributed by atoms with E-state index in [1.54, 1.807) is 0 Å². The van der Waals surface area contributed by atoms with Crippen LogP contribution in [-0.4, -0.2) is 40.1 Å². The number of imidazole rings is 1. The molecule has 1 aliphatic heterocycles. The van der Waals surface area contributed by atoms with Gasteiger partial charge in [-0.15, -0.1) is 0 Å². The van der Waals surface area contributed by atoms with Crippen LogP contribution in [0.4, 0.5) is 0 Å². The molecule has 0 spiro atoms. The summed E-state index contributed by atoms with van der Waals surface area (Å²) in [6, 6.07) is 0. The van der Waals surface area contributed by atoms with E-state index >= 15 is 0 Å². The van der Waals surface area contributed by atoms with Crippen LogP contribution in [0.3, 0.4) is 0 Å². The van der Waals surface area contributed by atoms with E-state index in [0.29, 0.717) is 18.9 Å². The standard InChI is InChI=1S/C20H29N3O2/c24-20(8-16-4-2-1-3-5-16)22-10-18(14-25-13-17-6-7-17)11-23-15-21-9-19(23)12-22/h4,9,15,17-18H,1-3,5-8,10-14H2/t18-/m1/s1. The van der Waals surface area contributed by atoms with E-state index in [0.717, 1.165) is 50.8 Å². The number of nitrogens with zero attached hydrogens (tertiary/aromatic N) is 3. The Morgan fingerprint density at radius 2 is 2.08 bits per heavy atom. The highest BCUT2D eigenvalue weighted by molar-refractivity contribution is 5.78. The molecule has 2 heterocycles. The zero-order chi connectivity index (χ0) is 17.1. The number of amides is 1. The van der Waals surface area contributed by atoms with E-state index in [-0.39, 0.29) is 5.91 Å². The van der Waals surface area contributed by atoms with Crippen LogP contribution in [0.1, 0.15) is 50.6 Å². The lowest BCUT2D eigenvalue weighted by Gasteiger charge is -2.25. The highest BCUT2D eigenvalue weighted by atomic mass is 16.5. The second kappa shape index (κ2) is 7.73. The lowest BCUT2D eigenvalue weighted by atomic mass is 9.96. The Labute approximate surface area is 150 Å². The quantitative estimate of drug-likeness (QED) is 0.746. The molecule has 0 radical (unpaired) electrons. The van der Waals surface area contributed by atoms with Gasteiger partial charge in [0.2, 0.25) is 5.91 Å². The third kappa shape index (κ3) is 4.51. The van der Waals surface area contributed by atoms with Gasteiger partial charge in [-0.05, 0) is 44.4 Å². The first-order valence-electron chi connectivity index (χ1n) is 9.80. The van der Waals surface area contributed by atoms with Crippen LogP contribution in [0.2, 0.25) is 0 Å². The van der Waals surface area contributed by atoms with Crippen molar-refractivity contribution >= 4 is 5.91 Å². The van der Waals surface area contributed by atoms with Crippen molar-refractivity contribution in [3.8, 4) is 0 Å². The van der Waals surface area contributed by atoms with Gasteiger partial charge in [0.05, 0.1) is 25.2 Å². The van der Waals surface area contributed by atoms with Crippen molar-refractivity contribution in [2.45, 2.75) is 58.0 Å². The lowest BCUT2D eigenvalue weighted by Crippen LogP contribution is -2.35. The van der Waals surface area contributed by atoms with Gasteiger partial charge in [-0.25, -0.2) is 4.98 Å². The van der Waals surface area contributed by atoms with Crippen molar-refractivity contribution in [2.24, 2.45) is 11.8 Å². The summed E-state index contributed by atoms with van der Waals surface area (Å²) in [4.78, 5) is 19.2. The van der Waals surface area contributed by atoms with Gasteiger partial charge in [-0.2, -0.15) is 0 Å². The smallest absolute Gasteiger partial charge is 0.227 e. The van der Waals surface area contributed by atoms with Gasteiger partial charge < -0.3 is 14.2 Å². The van der Waals surface area contributed by atoms with Crippen molar-refractivity contribution in [3.05, 3.63) is 29.9 Å². The maximum Gasteiger partial charge on any atom is 0.227 e. The van der Waals surface area contributed by atoms with Crippen molar-refractivity contribution in [3.63, 3.8) is 0 Å². The average molecular weight is 343 g/mol. The first-order valence-corrected chi connectivity index (χ1v) is 9.80. The summed E-state index contributed by atoms with van der Waals surface area (Å²) >= 11 is 0. The Morgan fingerprint density at radius 1 is 1.20 bits per heavy atom. The number of ether oxygens (including phenoxy) is 1. The van der Waals surface area contributed by atoms with E-state index in [1.807, 2.05) is 17.4 Å². The molecule has 2 aliphatic carbocycles. The van der Waals surface area contributed by atoms with Crippen molar-refractivity contribution in [2.75, 3.05) is 19.8 Å². The molecule has 1 aromatic heterocycles. The second-order valence-electron chi connectivity index (χ2n) is 7.94. The van der Waals surface area contributed by atoms with Gasteiger partial charge in [0, 0.05) is 38.2 Å². The molecule has 1 atom stereocenters. The topological polar surface area (TPSA) is 47.4 Å². The Bertz CT molecular complexity index is 633. The molecule has 0 bridgehead atoms. The van der Waals surface area contributed by atoms with Gasteiger partial charge in [0.15, 0.2) is 0 Å². The fourth-order valence-electron chi connectivity index (χ4n) is 3.90. The minimum absolute atomic E-state index is 0.259. The summed E-state index contributed by atoms with van der Waals surface area (Å²) in [5.74, 6) is 1.39. The maximum absolute atomic E-state index is 12.9. The molecule has 1 fully saturated rings. The Hall–Kier alpha value is -1.62. The van der Waals surface area contributed by atoms with Crippen LogP contribution in [0.25, 0.3) is 0 Å². The largest absolute Gasteiger partial charge is 0.381 e. The number of fused-ring (bicyclic) bond motifs is 1. The van der Waals surface area contributed by atoms with E-state index < -0.39 is 0 Å². The Balaban J connectivity index is 1.40. The van der Waals surface area contributed by atoms with E-state index in [4.69, 9.17) is 4.74 Å². The van der Waals surface area contributed by atoms with Crippen LogP contribution >= 0.6 is 0 Å². The normalized spacial score (nSPS) is 23.8. The van der Waals surface area contributed by atoms with E-state index in [2.05, 4.69) is 15.6 Å². The third-order valence-corrected chi connectivity index (χ3v) is 5.60.